The van der Waals surface area contributed by atoms with Gasteiger partial charge in [-0.25, -0.2) is 0 Å². The highest BCUT2D eigenvalue weighted by Crippen LogP contribution is 2.18. The van der Waals surface area contributed by atoms with Gasteiger partial charge in [0, 0.05) is 19.3 Å². The van der Waals surface area contributed by atoms with Crippen molar-refractivity contribution in [1.82, 2.24) is 0 Å². The predicted molar refractivity (Wildman–Crippen MR) is 353 cm³/mol. The highest BCUT2D eigenvalue weighted by molar-refractivity contribution is 5.71. The first-order chi connectivity index (χ1) is 40.0. The number of hydrogen-bond acceptors (Lipinski definition) is 6. The third kappa shape index (κ3) is 67.5. The molecule has 6 heteroatoms. The first-order valence-corrected chi connectivity index (χ1v) is 35.4. The van der Waals surface area contributed by atoms with Crippen LogP contribution in [-0.2, 0) is 28.6 Å². The molecular weight excluding hydrogens is 997 g/mol. The maximum absolute atomic E-state index is 13.0. The average Bonchev–Trinajstić information content (AvgIpc) is 3.47. The van der Waals surface area contributed by atoms with Crippen LogP contribution in [0.3, 0.4) is 0 Å². The molecule has 0 N–H and O–H groups in total. The van der Waals surface area contributed by atoms with E-state index >= 15 is 0 Å². The van der Waals surface area contributed by atoms with Crippen LogP contribution in [0.25, 0.3) is 0 Å². The molecule has 0 aromatic rings. The number of hydrogen-bond donors (Lipinski definition) is 0. The Labute approximate surface area is 503 Å². The summed E-state index contributed by atoms with van der Waals surface area (Å²) in [5, 5.41) is 0. The minimum absolute atomic E-state index is 0.0794. The normalized spacial score (nSPS) is 12.5. The standard InChI is InChI=1S/C75H134O6/c1-4-7-10-13-16-19-22-25-28-31-33-34-35-36-37-38-39-40-42-44-47-50-53-56-59-62-65-68-74(77)80-71-72(70-79-73(76)67-64-61-58-55-52-49-46-43-30-27-24-21-18-15-12-9-6-3)81-75(78)69-66-63-60-57-54-51-48-45-41-32-29-26-23-20-17-14-11-8-5-2/h9,12,18,21-22,25,27,30-31,33,46,49,72H,4-8,10-11,13-17,19-20,23-24,26,28-29,32,34-45,47-48,50-71H2,1-3H3/b12-9-,21-18-,25-22-,30-27-,33-31-,49-46-. The number of unbranched alkanes of at least 4 members (excludes halogenated alkanes) is 42. The zero-order chi connectivity index (χ0) is 58.5. The molecule has 0 spiro atoms. The van der Waals surface area contributed by atoms with Crippen molar-refractivity contribution in [3.05, 3.63) is 72.9 Å². The maximum atomic E-state index is 13.0. The molecule has 81 heavy (non-hydrogen) atoms. The fraction of sp³-hybridized carbons (Fsp3) is 0.800. The van der Waals surface area contributed by atoms with Crippen molar-refractivity contribution in [2.24, 2.45) is 0 Å². The van der Waals surface area contributed by atoms with E-state index in [1.54, 1.807) is 0 Å². The third-order valence-electron chi connectivity index (χ3n) is 15.7. The highest BCUT2D eigenvalue weighted by Gasteiger charge is 2.19. The Balaban J connectivity index is 4.30. The molecule has 0 saturated heterocycles. The van der Waals surface area contributed by atoms with E-state index in [0.717, 1.165) is 103 Å². The summed E-state index contributed by atoms with van der Waals surface area (Å²) in [5.41, 5.74) is 0. The number of esters is 3. The molecule has 0 heterocycles. The van der Waals surface area contributed by atoms with Gasteiger partial charge in [0.15, 0.2) is 6.10 Å². The van der Waals surface area contributed by atoms with E-state index in [4.69, 9.17) is 14.2 Å². The van der Waals surface area contributed by atoms with Gasteiger partial charge in [-0.3, -0.25) is 14.4 Å². The van der Waals surface area contributed by atoms with Gasteiger partial charge in [-0.2, -0.15) is 0 Å². The predicted octanol–water partition coefficient (Wildman–Crippen LogP) is 24.4. The molecule has 0 aliphatic carbocycles. The van der Waals surface area contributed by atoms with E-state index in [2.05, 4.69) is 93.7 Å². The smallest absolute Gasteiger partial charge is 0.306 e. The van der Waals surface area contributed by atoms with Gasteiger partial charge in [0.1, 0.15) is 13.2 Å². The summed E-state index contributed by atoms with van der Waals surface area (Å²) in [5.74, 6) is -0.881. The van der Waals surface area contributed by atoms with Crippen molar-refractivity contribution in [2.45, 2.75) is 374 Å². The van der Waals surface area contributed by atoms with Gasteiger partial charge in [-0.05, 0) is 89.9 Å². The van der Waals surface area contributed by atoms with Crippen LogP contribution in [0.15, 0.2) is 72.9 Å². The summed E-state index contributed by atoms with van der Waals surface area (Å²) in [7, 11) is 0. The van der Waals surface area contributed by atoms with Crippen LogP contribution in [0.4, 0.5) is 0 Å². The van der Waals surface area contributed by atoms with Gasteiger partial charge < -0.3 is 14.2 Å². The Hall–Kier alpha value is -3.15. The highest BCUT2D eigenvalue weighted by atomic mass is 16.6. The molecule has 0 fully saturated rings. The number of ether oxygens (including phenoxy) is 3. The molecular formula is C75H134O6. The quantitative estimate of drug-likeness (QED) is 0.0261. The summed E-state index contributed by atoms with van der Waals surface area (Å²) in [4.78, 5) is 38.5. The van der Waals surface area contributed by atoms with Crippen LogP contribution in [-0.4, -0.2) is 37.2 Å². The van der Waals surface area contributed by atoms with E-state index < -0.39 is 6.10 Å². The molecule has 0 aliphatic rings. The van der Waals surface area contributed by atoms with Crippen molar-refractivity contribution in [1.29, 1.82) is 0 Å². The van der Waals surface area contributed by atoms with Gasteiger partial charge in [0.2, 0.25) is 0 Å². The van der Waals surface area contributed by atoms with Crippen LogP contribution in [0, 0.1) is 0 Å². The maximum Gasteiger partial charge on any atom is 0.306 e. The Morgan fingerprint density at radius 2 is 0.481 bits per heavy atom. The van der Waals surface area contributed by atoms with Crippen LogP contribution < -0.4 is 0 Å². The Morgan fingerprint density at radius 1 is 0.259 bits per heavy atom. The molecule has 1 unspecified atom stereocenters. The molecule has 1 atom stereocenters. The van der Waals surface area contributed by atoms with E-state index in [1.807, 2.05) is 0 Å². The first-order valence-electron chi connectivity index (χ1n) is 35.4. The lowest BCUT2D eigenvalue weighted by molar-refractivity contribution is -0.167. The lowest BCUT2D eigenvalue weighted by Gasteiger charge is -2.18. The number of carbonyl (C=O) groups is 3. The summed E-state index contributed by atoms with van der Waals surface area (Å²) < 4.78 is 17.0. The molecule has 0 amide bonds. The number of rotatable bonds is 65. The second-order valence-electron chi connectivity index (χ2n) is 23.8. The zero-order valence-corrected chi connectivity index (χ0v) is 54.1. The van der Waals surface area contributed by atoms with Crippen molar-refractivity contribution in [3.63, 3.8) is 0 Å². The number of allylic oxidation sites excluding steroid dienone is 12. The molecule has 6 nitrogen and oxygen atoms in total. The molecule has 0 rings (SSSR count). The summed E-state index contributed by atoms with van der Waals surface area (Å²) in [6.07, 6.45) is 90.7. The topological polar surface area (TPSA) is 78.9 Å². The molecule has 0 radical (unpaired) electrons. The monoisotopic (exact) mass is 1130 g/mol. The fourth-order valence-electron chi connectivity index (χ4n) is 10.4. The molecule has 0 aromatic carbocycles. The largest absolute Gasteiger partial charge is 0.462 e. The summed E-state index contributed by atoms with van der Waals surface area (Å²) >= 11 is 0. The molecule has 0 aliphatic heterocycles. The lowest BCUT2D eigenvalue weighted by atomic mass is 10.0. The molecule has 470 valence electrons. The molecule has 0 aromatic heterocycles. The van der Waals surface area contributed by atoms with Gasteiger partial charge in [0.05, 0.1) is 0 Å². The van der Waals surface area contributed by atoms with E-state index in [9.17, 15) is 14.4 Å². The Morgan fingerprint density at radius 3 is 0.753 bits per heavy atom. The van der Waals surface area contributed by atoms with Gasteiger partial charge >= 0.3 is 17.9 Å². The van der Waals surface area contributed by atoms with Crippen molar-refractivity contribution in [2.75, 3.05) is 13.2 Å². The van der Waals surface area contributed by atoms with Gasteiger partial charge in [-0.1, -0.05) is 331 Å². The van der Waals surface area contributed by atoms with Crippen LogP contribution in [0.5, 0.6) is 0 Å². The summed E-state index contributed by atoms with van der Waals surface area (Å²) in [6.45, 7) is 6.56. The molecule has 0 bridgehead atoms. The Kier molecular flexibility index (Phi) is 66.6. The van der Waals surface area contributed by atoms with E-state index in [1.165, 1.54) is 225 Å². The first kappa shape index (κ1) is 77.9. The SMILES string of the molecule is CC/C=C\C/C=C\C/C=C\C/C=C\CCCCCCC(=O)OCC(COC(=O)CCCCCCCCCCCCCCCCC/C=C\C/C=C\CCCCCCC)OC(=O)CCCCCCCCCCCCCCCCCCCCC. The minimum atomic E-state index is -0.785. The van der Waals surface area contributed by atoms with E-state index in [-0.39, 0.29) is 31.1 Å². The fourth-order valence-corrected chi connectivity index (χ4v) is 10.4. The minimum Gasteiger partial charge on any atom is -0.462 e. The molecule has 0 saturated carbocycles. The van der Waals surface area contributed by atoms with Crippen molar-refractivity contribution >= 4 is 17.9 Å². The Bertz CT molecular complexity index is 1490. The third-order valence-corrected chi connectivity index (χ3v) is 15.7. The van der Waals surface area contributed by atoms with Crippen LogP contribution in [0.2, 0.25) is 0 Å². The van der Waals surface area contributed by atoms with Gasteiger partial charge in [0.25, 0.3) is 0 Å². The second kappa shape index (κ2) is 69.3. The van der Waals surface area contributed by atoms with Crippen molar-refractivity contribution < 1.29 is 28.6 Å². The van der Waals surface area contributed by atoms with E-state index in [0.29, 0.717) is 19.3 Å². The second-order valence-corrected chi connectivity index (χ2v) is 23.8. The van der Waals surface area contributed by atoms with Crippen molar-refractivity contribution in [3.8, 4) is 0 Å². The summed E-state index contributed by atoms with van der Waals surface area (Å²) in [6, 6.07) is 0. The lowest BCUT2D eigenvalue weighted by Crippen LogP contribution is -2.30. The average molecular weight is 1130 g/mol. The van der Waals surface area contributed by atoms with Crippen LogP contribution in [0.1, 0.15) is 367 Å². The van der Waals surface area contributed by atoms with Crippen LogP contribution >= 0.6 is 0 Å². The van der Waals surface area contributed by atoms with Gasteiger partial charge in [-0.15, -0.1) is 0 Å². The number of carbonyl (C=O) groups excluding carboxylic acids is 3. The zero-order valence-electron chi connectivity index (χ0n) is 54.1.